The standard InChI is InChI=1S/C12H22O/c1-9(2)12(10(3)4)7-5-6-11(13)8-12/h5-6,9-11,13H,7-8H2,1-4H3. The lowest BCUT2D eigenvalue weighted by molar-refractivity contribution is 0.0394. The molecule has 1 atom stereocenters. The first-order valence-electron chi connectivity index (χ1n) is 5.34. The van der Waals surface area contributed by atoms with Crippen molar-refractivity contribution in [1.82, 2.24) is 0 Å². The van der Waals surface area contributed by atoms with E-state index in [0.29, 0.717) is 17.3 Å². The third-order valence-corrected chi connectivity index (χ3v) is 3.74. The molecular formula is C12H22O. The largest absolute Gasteiger partial charge is 0.389 e. The average Bonchev–Trinajstić information content (AvgIpc) is 2.03. The molecule has 13 heavy (non-hydrogen) atoms. The van der Waals surface area contributed by atoms with Crippen molar-refractivity contribution in [3.8, 4) is 0 Å². The second kappa shape index (κ2) is 3.83. The lowest BCUT2D eigenvalue weighted by atomic mass is 9.62. The van der Waals surface area contributed by atoms with Crippen LogP contribution in [0.2, 0.25) is 0 Å². The van der Waals surface area contributed by atoms with E-state index < -0.39 is 0 Å². The Balaban J connectivity index is 2.86. The maximum atomic E-state index is 9.66. The average molecular weight is 182 g/mol. The van der Waals surface area contributed by atoms with Gasteiger partial charge in [0.05, 0.1) is 6.10 Å². The Morgan fingerprint density at radius 2 is 1.77 bits per heavy atom. The number of aliphatic hydroxyl groups is 1. The van der Waals surface area contributed by atoms with E-state index in [0.717, 1.165) is 12.8 Å². The molecule has 1 nitrogen and oxygen atoms in total. The van der Waals surface area contributed by atoms with Crippen LogP contribution in [0.3, 0.4) is 0 Å². The minimum atomic E-state index is -0.224. The lowest BCUT2D eigenvalue weighted by Crippen LogP contribution is -2.38. The summed E-state index contributed by atoms with van der Waals surface area (Å²) in [6.07, 6.45) is 5.91. The third kappa shape index (κ3) is 1.96. The Labute approximate surface area is 81.9 Å². The highest BCUT2D eigenvalue weighted by atomic mass is 16.3. The van der Waals surface area contributed by atoms with Gasteiger partial charge in [-0.3, -0.25) is 0 Å². The maximum absolute atomic E-state index is 9.66. The monoisotopic (exact) mass is 182 g/mol. The number of hydrogen-bond donors (Lipinski definition) is 1. The highest BCUT2D eigenvalue weighted by Crippen LogP contribution is 2.45. The van der Waals surface area contributed by atoms with E-state index in [1.807, 2.05) is 6.08 Å². The predicted octanol–water partition coefficient (Wildman–Crippen LogP) is 3.00. The normalized spacial score (nSPS) is 27.2. The summed E-state index contributed by atoms with van der Waals surface area (Å²) in [5.41, 5.74) is 0.314. The summed E-state index contributed by atoms with van der Waals surface area (Å²) >= 11 is 0. The van der Waals surface area contributed by atoms with Crippen LogP contribution < -0.4 is 0 Å². The molecule has 1 aliphatic rings. The minimum Gasteiger partial charge on any atom is -0.389 e. The van der Waals surface area contributed by atoms with Crippen molar-refractivity contribution < 1.29 is 5.11 Å². The fraction of sp³-hybridized carbons (Fsp3) is 0.833. The molecule has 1 heteroatoms. The number of aliphatic hydroxyl groups excluding tert-OH is 1. The van der Waals surface area contributed by atoms with Crippen molar-refractivity contribution in [2.24, 2.45) is 17.3 Å². The Morgan fingerprint density at radius 1 is 1.23 bits per heavy atom. The first-order chi connectivity index (χ1) is 5.99. The maximum Gasteiger partial charge on any atom is 0.0726 e. The van der Waals surface area contributed by atoms with Crippen LogP contribution in [0.4, 0.5) is 0 Å². The van der Waals surface area contributed by atoms with Crippen LogP contribution in [0.1, 0.15) is 40.5 Å². The number of hydrogen-bond acceptors (Lipinski definition) is 1. The van der Waals surface area contributed by atoms with E-state index in [1.165, 1.54) is 0 Å². The predicted molar refractivity (Wildman–Crippen MR) is 56.5 cm³/mol. The van der Waals surface area contributed by atoms with E-state index in [1.54, 1.807) is 0 Å². The summed E-state index contributed by atoms with van der Waals surface area (Å²) in [6, 6.07) is 0. The van der Waals surface area contributed by atoms with E-state index >= 15 is 0 Å². The van der Waals surface area contributed by atoms with Crippen LogP contribution in [0.15, 0.2) is 12.2 Å². The van der Waals surface area contributed by atoms with Crippen LogP contribution in [-0.4, -0.2) is 11.2 Å². The zero-order valence-electron chi connectivity index (χ0n) is 9.25. The summed E-state index contributed by atoms with van der Waals surface area (Å²) in [5.74, 6) is 1.29. The van der Waals surface area contributed by atoms with E-state index in [2.05, 4.69) is 33.8 Å². The topological polar surface area (TPSA) is 20.2 Å². The van der Waals surface area contributed by atoms with Gasteiger partial charge in [0, 0.05) is 0 Å². The fourth-order valence-electron chi connectivity index (χ4n) is 2.59. The van der Waals surface area contributed by atoms with Gasteiger partial charge in [-0.1, -0.05) is 39.8 Å². The zero-order valence-corrected chi connectivity index (χ0v) is 9.25. The molecule has 76 valence electrons. The number of allylic oxidation sites excluding steroid dienone is 1. The zero-order chi connectivity index (χ0) is 10.1. The highest BCUT2D eigenvalue weighted by Gasteiger charge is 2.38. The molecule has 0 aromatic carbocycles. The molecule has 0 amide bonds. The molecule has 0 aromatic heterocycles. The Hall–Kier alpha value is -0.300. The van der Waals surface area contributed by atoms with Gasteiger partial charge in [-0.25, -0.2) is 0 Å². The van der Waals surface area contributed by atoms with E-state index in [9.17, 15) is 5.11 Å². The molecular weight excluding hydrogens is 160 g/mol. The second-order valence-electron chi connectivity index (χ2n) is 4.95. The van der Waals surface area contributed by atoms with Crippen molar-refractivity contribution in [1.29, 1.82) is 0 Å². The fourth-order valence-corrected chi connectivity index (χ4v) is 2.59. The Bertz CT molecular complexity index is 183. The van der Waals surface area contributed by atoms with Crippen LogP contribution >= 0.6 is 0 Å². The van der Waals surface area contributed by atoms with Gasteiger partial charge < -0.3 is 5.11 Å². The van der Waals surface area contributed by atoms with Crippen molar-refractivity contribution in [2.75, 3.05) is 0 Å². The summed E-state index contributed by atoms with van der Waals surface area (Å²) in [7, 11) is 0. The molecule has 0 heterocycles. The Kier molecular flexibility index (Phi) is 3.18. The minimum absolute atomic E-state index is 0.224. The van der Waals surface area contributed by atoms with E-state index in [-0.39, 0.29) is 6.10 Å². The molecule has 0 aliphatic heterocycles. The summed E-state index contributed by atoms with van der Waals surface area (Å²) in [4.78, 5) is 0. The second-order valence-corrected chi connectivity index (χ2v) is 4.95. The van der Waals surface area contributed by atoms with Gasteiger partial charge in [-0.05, 0) is 30.1 Å². The van der Waals surface area contributed by atoms with Crippen molar-refractivity contribution in [2.45, 2.75) is 46.6 Å². The SMILES string of the molecule is CC(C)C1(C(C)C)CC=CC(O)C1. The smallest absolute Gasteiger partial charge is 0.0726 e. The summed E-state index contributed by atoms with van der Waals surface area (Å²) in [6.45, 7) is 9.08. The van der Waals surface area contributed by atoms with Crippen LogP contribution in [-0.2, 0) is 0 Å². The van der Waals surface area contributed by atoms with Crippen LogP contribution in [0.25, 0.3) is 0 Å². The molecule has 0 radical (unpaired) electrons. The van der Waals surface area contributed by atoms with Gasteiger partial charge in [0.1, 0.15) is 0 Å². The first kappa shape index (κ1) is 10.8. The van der Waals surface area contributed by atoms with Crippen molar-refractivity contribution in [3.05, 3.63) is 12.2 Å². The third-order valence-electron chi connectivity index (χ3n) is 3.74. The van der Waals surface area contributed by atoms with Gasteiger partial charge in [0.25, 0.3) is 0 Å². The molecule has 0 fully saturated rings. The lowest BCUT2D eigenvalue weighted by Gasteiger charge is -2.44. The molecule has 0 bridgehead atoms. The van der Waals surface area contributed by atoms with Crippen LogP contribution in [0, 0.1) is 17.3 Å². The molecule has 1 rings (SSSR count). The van der Waals surface area contributed by atoms with Crippen molar-refractivity contribution in [3.63, 3.8) is 0 Å². The van der Waals surface area contributed by atoms with Gasteiger partial charge in [-0.15, -0.1) is 0 Å². The molecule has 1 aliphatic carbocycles. The van der Waals surface area contributed by atoms with Gasteiger partial charge >= 0.3 is 0 Å². The molecule has 0 saturated heterocycles. The summed E-state index contributed by atoms with van der Waals surface area (Å²) < 4.78 is 0. The quantitative estimate of drug-likeness (QED) is 0.651. The van der Waals surface area contributed by atoms with E-state index in [4.69, 9.17) is 0 Å². The molecule has 0 saturated carbocycles. The van der Waals surface area contributed by atoms with Crippen molar-refractivity contribution >= 4 is 0 Å². The molecule has 1 unspecified atom stereocenters. The van der Waals surface area contributed by atoms with Gasteiger partial charge in [0.2, 0.25) is 0 Å². The first-order valence-corrected chi connectivity index (χ1v) is 5.34. The van der Waals surface area contributed by atoms with Crippen LogP contribution in [0.5, 0.6) is 0 Å². The molecule has 0 aromatic rings. The van der Waals surface area contributed by atoms with Gasteiger partial charge in [0.15, 0.2) is 0 Å². The highest BCUT2D eigenvalue weighted by molar-refractivity contribution is 5.04. The molecule has 1 N–H and O–H groups in total. The Morgan fingerprint density at radius 3 is 2.08 bits per heavy atom. The summed E-state index contributed by atoms with van der Waals surface area (Å²) in [5, 5.41) is 9.66. The molecule has 0 spiro atoms. The number of rotatable bonds is 2. The van der Waals surface area contributed by atoms with Gasteiger partial charge in [-0.2, -0.15) is 0 Å².